The van der Waals surface area contributed by atoms with Crippen molar-refractivity contribution in [2.75, 3.05) is 14.1 Å². The minimum atomic E-state index is -4.56. The van der Waals surface area contributed by atoms with E-state index in [0.717, 1.165) is 38.2 Å². The molecule has 11 heteroatoms. The van der Waals surface area contributed by atoms with Crippen LogP contribution in [0, 0.1) is 6.92 Å². The van der Waals surface area contributed by atoms with Gasteiger partial charge in [-0.3, -0.25) is 9.78 Å². The highest BCUT2D eigenvalue weighted by Crippen LogP contribution is 2.34. The summed E-state index contributed by atoms with van der Waals surface area (Å²) in [6, 6.07) is 16.9. The molecule has 39 heavy (non-hydrogen) atoms. The van der Waals surface area contributed by atoms with E-state index in [2.05, 4.69) is 15.2 Å². The van der Waals surface area contributed by atoms with Crippen LogP contribution in [0.15, 0.2) is 77.9 Å². The molecule has 0 aliphatic carbocycles. The van der Waals surface area contributed by atoms with Gasteiger partial charge >= 0.3 is 11.9 Å². The van der Waals surface area contributed by atoms with Gasteiger partial charge in [-0.2, -0.15) is 22.8 Å². The molecule has 0 aliphatic rings. The minimum absolute atomic E-state index is 0.0943. The van der Waals surface area contributed by atoms with E-state index >= 15 is 0 Å². The summed E-state index contributed by atoms with van der Waals surface area (Å²) in [5.74, 6) is -0.147. The first kappa shape index (κ1) is 25.8. The average molecular weight is 533 g/mol. The second kappa shape index (κ2) is 9.82. The summed E-state index contributed by atoms with van der Waals surface area (Å²) in [5, 5.41) is 8.86. The Morgan fingerprint density at radius 1 is 0.923 bits per heavy atom. The van der Waals surface area contributed by atoms with Crippen molar-refractivity contribution in [3.8, 4) is 22.3 Å². The van der Waals surface area contributed by atoms with Crippen molar-refractivity contribution in [3.63, 3.8) is 0 Å². The second-order valence-corrected chi connectivity index (χ2v) is 9.30. The lowest BCUT2D eigenvalue weighted by atomic mass is 9.95. The molecule has 0 radical (unpaired) electrons. The van der Waals surface area contributed by atoms with Crippen LogP contribution in [-0.2, 0) is 12.7 Å². The van der Waals surface area contributed by atoms with Crippen molar-refractivity contribution in [1.29, 1.82) is 0 Å². The monoisotopic (exact) mass is 532 g/mol. The molecule has 0 saturated heterocycles. The zero-order valence-electron chi connectivity index (χ0n) is 21.3. The van der Waals surface area contributed by atoms with Gasteiger partial charge in [0.1, 0.15) is 5.69 Å². The number of aromatic nitrogens is 5. The zero-order chi connectivity index (χ0) is 27.9. The van der Waals surface area contributed by atoms with Crippen molar-refractivity contribution in [1.82, 2.24) is 29.3 Å². The van der Waals surface area contributed by atoms with Crippen LogP contribution >= 0.6 is 0 Å². The number of pyridine rings is 1. The summed E-state index contributed by atoms with van der Waals surface area (Å²) in [6.45, 7) is 1.88. The van der Waals surface area contributed by atoms with Gasteiger partial charge in [-0.05, 0) is 41.8 Å². The van der Waals surface area contributed by atoms with Crippen LogP contribution in [0.2, 0.25) is 0 Å². The first-order valence-electron chi connectivity index (χ1n) is 11.9. The molecular weight excluding hydrogens is 509 g/mol. The van der Waals surface area contributed by atoms with Crippen LogP contribution in [-0.4, -0.2) is 49.3 Å². The molecule has 5 rings (SSSR count). The van der Waals surface area contributed by atoms with Gasteiger partial charge in [0.05, 0.1) is 12.7 Å². The minimum Gasteiger partial charge on any atom is -0.345 e. The van der Waals surface area contributed by atoms with E-state index in [1.165, 1.54) is 11.0 Å². The van der Waals surface area contributed by atoms with Crippen LogP contribution in [0.5, 0.6) is 0 Å². The molecule has 0 bridgehead atoms. The molecule has 3 heterocycles. The number of alkyl halides is 3. The van der Waals surface area contributed by atoms with Crippen LogP contribution in [0.1, 0.15) is 27.2 Å². The Morgan fingerprint density at radius 2 is 1.59 bits per heavy atom. The van der Waals surface area contributed by atoms with E-state index in [1.54, 1.807) is 44.6 Å². The fourth-order valence-electron chi connectivity index (χ4n) is 4.20. The SMILES string of the molecule is Cc1ccc(-c2cnn3c(=O)n(Cc4ccc(C(F)(F)F)nc4)nc3c2-c2ccc(C(=O)N(C)C)cc2)cc1. The van der Waals surface area contributed by atoms with Gasteiger partial charge in [0.25, 0.3) is 5.91 Å². The smallest absolute Gasteiger partial charge is 0.345 e. The fraction of sp³-hybridized carbons (Fsp3) is 0.179. The zero-order valence-corrected chi connectivity index (χ0v) is 21.3. The number of hydrogen-bond donors (Lipinski definition) is 0. The quantitative estimate of drug-likeness (QED) is 0.328. The van der Waals surface area contributed by atoms with Crippen LogP contribution in [0.3, 0.4) is 0 Å². The number of benzene rings is 2. The summed E-state index contributed by atoms with van der Waals surface area (Å²) in [5.41, 5.74) is 3.56. The molecule has 8 nitrogen and oxygen atoms in total. The predicted octanol–water partition coefficient (Wildman–Crippen LogP) is 4.70. The molecule has 0 saturated carbocycles. The molecule has 1 amide bonds. The Hall–Kier alpha value is -4.80. The number of amides is 1. The molecule has 2 aromatic carbocycles. The lowest BCUT2D eigenvalue weighted by Gasteiger charge is -2.13. The van der Waals surface area contributed by atoms with Gasteiger partial charge < -0.3 is 4.90 Å². The molecule has 198 valence electrons. The maximum atomic E-state index is 13.2. The summed E-state index contributed by atoms with van der Waals surface area (Å²) < 4.78 is 41.0. The van der Waals surface area contributed by atoms with Crippen molar-refractivity contribution in [2.45, 2.75) is 19.6 Å². The summed E-state index contributed by atoms with van der Waals surface area (Å²) in [4.78, 5) is 30.6. The summed E-state index contributed by atoms with van der Waals surface area (Å²) in [6.07, 6.45) is -1.90. The highest BCUT2D eigenvalue weighted by atomic mass is 19.4. The highest BCUT2D eigenvalue weighted by Gasteiger charge is 2.32. The summed E-state index contributed by atoms with van der Waals surface area (Å²) in [7, 11) is 3.34. The van der Waals surface area contributed by atoms with E-state index in [0.29, 0.717) is 22.3 Å². The van der Waals surface area contributed by atoms with Crippen molar-refractivity contribution in [3.05, 3.63) is 106 Å². The Morgan fingerprint density at radius 3 is 2.18 bits per heavy atom. The number of hydrogen-bond acceptors (Lipinski definition) is 5. The second-order valence-electron chi connectivity index (χ2n) is 9.30. The van der Waals surface area contributed by atoms with Gasteiger partial charge in [-0.25, -0.2) is 9.48 Å². The number of nitrogens with zero attached hydrogens (tertiary/aromatic N) is 6. The third kappa shape index (κ3) is 5.02. The molecule has 0 unspecified atom stereocenters. The predicted molar refractivity (Wildman–Crippen MR) is 139 cm³/mol. The third-order valence-corrected chi connectivity index (χ3v) is 6.25. The van der Waals surface area contributed by atoms with E-state index < -0.39 is 17.6 Å². The maximum absolute atomic E-state index is 13.2. The summed E-state index contributed by atoms with van der Waals surface area (Å²) >= 11 is 0. The average Bonchev–Trinajstić information content (AvgIpc) is 3.23. The number of rotatable bonds is 5. The van der Waals surface area contributed by atoms with Crippen LogP contribution in [0.4, 0.5) is 13.2 Å². The van der Waals surface area contributed by atoms with Crippen molar-refractivity contribution in [2.24, 2.45) is 0 Å². The number of fused-ring (bicyclic) bond motifs is 1. The molecule has 0 N–H and O–H groups in total. The number of aryl methyl sites for hydroxylation is 1. The molecule has 0 fully saturated rings. The number of carbonyl (C=O) groups excluding carboxylic acids is 1. The third-order valence-electron chi connectivity index (χ3n) is 6.25. The van der Waals surface area contributed by atoms with Crippen molar-refractivity contribution < 1.29 is 18.0 Å². The lowest BCUT2D eigenvalue weighted by Crippen LogP contribution is -2.23. The van der Waals surface area contributed by atoms with Gasteiger partial charge in [0.15, 0.2) is 5.65 Å². The normalized spacial score (nSPS) is 11.6. The highest BCUT2D eigenvalue weighted by molar-refractivity contribution is 5.96. The first-order valence-corrected chi connectivity index (χ1v) is 11.9. The standard InChI is InChI=1S/C28H23F3N6O2/c1-17-4-7-19(8-5-17)22-15-33-37-25(24(22)20-9-11-21(12-10-20)26(38)35(2)3)34-36(27(37)39)16-18-6-13-23(32-14-18)28(29,30)31/h4-15H,16H2,1-3H3. The molecular formula is C28H23F3N6O2. The first-order chi connectivity index (χ1) is 18.5. The van der Waals surface area contributed by atoms with E-state index in [4.69, 9.17) is 0 Å². The topological polar surface area (TPSA) is 85.4 Å². The van der Waals surface area contributed by atoms with E-state index in [1.807, 2.05) is 31.2 Å². The Kier molecular flexibility index (Phi) is 6.51. The Bertz CT molecular complexity index is 1720. The van der Waals surface area contributed by atoms with Gasteiger partial charge in [0, 0.05) is 37.0 Å². The number of halogens is 3. The molecule has 5 aromatic rings. The molecule has 0 spiro atoms. The molecule has 0 aliphatic heterocycles. The maximum Gasteiger partial charge on any atom is 0.433 e. The largest absolute Gasteiger partial charge is 0.433 e. The van der Waals surface area contributed by atoms with E-state index in [-0.39, 0.29) is 18.1 Å². The van der Waals surface area contributed by atoms with Gasteiger partial charge in [-0.15, -0.1) is 5.10 Å². The van der Waals surface area contributed by atoms with Crippen molar-refractivity contribution >= 4 is 11.6 Å². The fourth-order valence-corrected chi connectivity index (χ4v) is 4.20. The molecule has 3 aromatic heterocycles. The lowest BCUT2D eigenvalue weighted by molar-refractivity contribution is -0.141. The Balaban J connectivity index is 1.64. The van der Waals surface area contributed by atoms with Crippen LogP contribution < -0.4 is 5.69 Å². The number of carbonyl (C=O) groups is 1. The van der Waals surface area contributed by atoms with Gasteiger partial charge in [0.2, 0.25) is 0 Å². The van der Waals surface area contributed by atoms with Gasteiger partial charge in [-0.1, -0.05) is 48.0 Å². The Labute approximate surface area is 221 Å². The van der Waals surface area contributed by atoms with E-state index in [9.17, 15) is 22.8 Å². The van der Waals surface area contributed by atoms with Crippen LogP contribution in [0.25, 0.3) is 27.9 Å². The molecule has 0 atom stereocenters.